The summed E-state index contributed by atoms with van der Waals surface area (Å²) in [6, 6.07) is 0.563. The molecule has 1 aliphatic rings. The van der Waals surface area contributed by atoms with E-state index in [1.54, 1.807) is 17.1 Å². The van der Waals surface area contributed by atoms with Gasteiger partial charge in [0.05, 0.1) is 0 Å². The van der Waals surface area contributed by atoms with E-state index in [9.17, 15) is 0 Å². The van der Waals surface area contributed by atoms with Crippen molar-refractivity contribution in [2.75, 3.05) is 23.8 Å². The van der Waals surface area contributed by atoms with Crippen molar-refractivity contribution in [3.05, 3.63) is 18.7 Å². The highest BCUT2D eigenvalue weighted by atomic mass is 15.3. The van der Waals surface area contributed by atoms with Crippen LogP contribution in [-0.4, -0.2) is 44.1 Å². The number of nitrogens with one attached hydrogen (secondary N) is 1. The number of rotatable bonds is 5. The Bertz CT molecular complexity index is 547. The molecule has 19 heavy (non-hydrogen) atoms. The van der Waals surface area contributed by atoms with Crippen LogP contribution in [0.2, 0.25) is 0 Å². The Labute approximate surface area is 111 Å². The number of hydrogen-bond acceptors (Lipinski definition) is 6. The second-order valence-electron chi connectivity index (χ2n) is 4.60. The first-order chi connectivity index (χ1) is 9.28. The van der Waals surface area contributed by atoms with E-state index in [4.69, 9.17) is 0 Å². The summed E-state index contributed by atoms with van der Waals surface area (Å²) in [5, 5.41) is 3.14. The molecule has 1 saturated carbocycles. The van der Waals surface area contributed by atoms with Gasteiger partial charge in [0.2, 0.25) is 17.8 Å². The molecule has 2 heterocycles. The average Bonchev–Trinajstić information content (AvgIpc) is 3.12. The lowest BCUT2D eigenvalue weighted by Crippen LogP contribution is -2.23. The lowest BCUT2D eigenvalue weighted by atomic mass is 10.6. The summed E-state index contributed by atoms with van der Waals surface area (Å²) in [4.78, 5) is 19.5. The van der Waals surface area contributed by atoms with Crippen LogP contribution in [-0.2, 0) is 0 Å². The molecule has 2 aromatic rings. The standard InChI is InChI=1S/C12H17N7/c1-3-14-10-15-11(18(2)9-4-5-9)17-12(16-10)19-7-6-13-8-19/h6-9H,3-5H2,1-2H3,(H,14,15,16,17). The van der Waals surface area contributed by atoms with E-state index in [0.29, 0.717) is 23.9 Å². The fraction of sp³-hybridized carbons (Fsp3) is 0.500. The van der Waals surface area contributed by atoms with E-state index in [0.717, 1.165) is 6.54 Å². The topological polar surface area (TPSA) is 71.8 Å². The third kappa shape index (κ3) is 2.49. The van der Waals surface area contributed by atoms with Gasteiger partial charge in [0.25, 0.3) is 0 Å². The predicted molar refractivity (Wildman–Crippen MR) is 72.5 cm³/mol. The Kier molecular flexibility index (Phi) is 3.02. The zero-order valence-electron chi connectivity index (χ0n) is 11.1. The van der Waals surface area contributed by atoms with Crippen molar-refractivity contribution in [2.24, 2.45) is 0 Å². The minimum Gasteiger partial charge on any atom is -0.354 e. The van der Waals surface area contributed by atoms with Gasteiger partial charge in [0, 0.05) is 32.0 Å². The van der Waals surface area contributed by atoms with Gasteiger partial charge in [-0.25, -0.2) is 4.98 Å². The largest absolute Gasteiger partial charge is 0.354 e. The number of anilines is 2. The Balaban J connectivity index is 1.98. The molecule has 7 heteroatoms. The summed E-state index contributed by atoms with van der Waals surface area (Å²) in [5.41, 5.74) is 0. The fourth-order valence-corrected chi connectivity index (χ4v) is 1.87. The van der Waals surface area contributed by atoms with Crippen molar-refractivity contribution in [3.8, 4) is 5.95 Å². The van der Waals surface area contributed by atoms with Crippen molar-refractivity contribution in [2.45, 2.75) is 25.8 Å². The summed E-state index contributed by atoms with van der Waals surface area (Å²) in [5.74, 6) is 1.90. The molecule has 1 fully saturated rings. The maximum atomic E-state index is 4.51. The SMILES string of the molecule is CCNc1nc(N(C)C2CC2)nc(-n2ccnc2)n1. The van der Waals surface area contributed by atoms with Gasteiger partial charge in [-0.3, -0.25) is 4.57 Å². The summed E-state index contributed by atoms with van der Waals surface area (Å²) in [7, 11) is 2.03. The number of hydrogen-bond donors (Lipinski definition) is 1. The first-order valence-electron chi connectivity index (χ1n) is 6.49. The number of nitrogens with zero attached hydrogens (tertiary/aromatic N) is 6. The first kappa shape index (κ1) is 11.9. The van der Waals surface area contributed by atoms with E-state index in [1.807, 2.05) is 20.2 Å². The highest BCUT2D eigenvalue weighted by Gasteiger charge is 2.28. The van der Waals surface area contributed by atoms with Crippen LogP contribution in [0.25, 0.3) is 5.95 Å². The second-order valence-corrected chi connectivity index (χ2v) is 4.60. The first-order valence-corrected chi connectivity index (χ1v) is 6.49. The van der Waals surface area contributed by atoms with Crippen LogP contribution in [0.3, 0.4) is 0 Å². The van der Waals surface area contributed by atoms with E-state index in [1.165, 1.54) is 12.8 Å². The fourth-order valence-electron chi connectivity index (χ4n) is 1.87. The highest BCUT2D eigenvalue weighted by molar-refractivity contribution is 5.41. The van der Waals surface area contributed by atoms with Gasteiger partial charge in [0.15, 0.2) is 0 Å². The molecule has 100 valence electrons. The summed E-state index contributed by atoms with van der Waals surface area (Å²) in [6.45, 7) is 2.80. The third-order valence-corrected chi connectivity index (χ3v) is 3.09. The van der Waals surface area contributed by atoms with Gasteiger partial charge in [-0.05, 0) is 19.8 Å². The van der Waals surface area contributed by atoms with Crippen LogP contribution >= 0.6 is 0 Å². The van der Waals surface area contributed by atoms with Crippen molar-refractivity contribution in [1.29, 1.82) is 0 Å². The van der Waals surface area contributed by atoms with E-state index >= 15 is 0 Å². The van der Waals surface area contributed by atoms with Crippen molar-refractivity contribution < 1.29 is 0 Å². The Morgan fingerprint density at radius 3 is 2.84 bits per heavy atom. The zero-order valence-corrected chi connectivity index (χ0v) is 11.1. The van der Waals surface area contributed by atoms with Crippen LogP contribution in [0.15, 0.2) is 18.7 Å². The molecule has 0 spiro atoms. The summed E-state index contributed by atoms with van der Waals surface area (Å²) in [6.07, 6.45) is 7.64. The number of aromatic nitrogens is 5. The van der Waals surface area contributed by atoms with Crippen molar-refractivity contribution in [1.82, 2.24) is 24.5 Å². The molecule has 0 amide bonds. The van der Waals surface area contributed by atoms with Crippen LogP contribution in [0.5, 0.6) is 0 Å². The Morgan fingerprint density at radius 2 is 2.21 bits per heavy atom. The number of imidazole rings is 1. The maximum Gasteiger partial charge on any atom is 0.241 e. The van der Waals surface area contributed by atoms with Crippen molar-refractivity contribution >= 4 is 11.9 Å². The van der Waals surface area contributed by atoms with E-state index in [-0.39, 0.29) is 0 Å². The van der Waals surface area contributed by atoms with Gasteiger partial charge < -0.3 is 10.2 Å². The van der Waals surface area contributed by atoms with E-state index in [2.05, 4.69) is 30.2 Å². The molecular formula is C12H17N7. The minimum atomic E-state index is 0.563. The Hall–Kier alpha value is -2.18. The quantitative estimate of drug-likeness (QED) is 0.866. The molecule has 0 aliphatic heterocycles. The molecule has 1 aliphatic carbocycles. The van der Waals surface area contributed by atoms with Gasteiger partial charge in [-0.2, -0.15) is 15.0 Å². The molecule has 3 rings (SSSR count). The monoisotopic (exact) mass is 259 g/mol. The molecule has 7 nitrogen and oxygen atoms in total. The maximum absolute atomic E-state index is 4.51. The van der Waals surface area contributed by atoms with Gasteiger partial charge in [0.1, 0.15) is 6.33 Å². The Morgan fingerprint density at radius 1 is 1.37 bits per heavy atom. The second kappa shape index (κ2) is 4.83. The van der Waals surface area contributed by atoms with Gasteiger partial charge >= 0.3 is 0 Å². The third-order valence-electron chi connectivity index (χ3n) is 3.09. The lowest BCUT2D eigenvalue weighted by Gasteiger charge is -2.17. The van der Waals surface area contributed by atoms with E-state index < -0.39 is 0 Å². The molecule has 0 atom stereocenters. The molecule has 1 N–H and O–H groups in total. The normalized spacial score (nSPS) is 14.4. The summed E-state index contributed by atoms with van der Waals surface area (Å²) < 4.78 is 1.78. The molecule has 0 radical (unpaired) electrons. The minimum absolute atomic E-state index is 0.563. The molecule has 0 saturated heterocycles. The predicted octanol–water partition coefficient (Wildman–Crippen LogP) is 1.09. The molecule has 0 unspecified atom stereocenters. The molecular weight excluding hydrogens is 242 g/mol. The van der Waals surface area contributed by atoms with Crippen LogP contribution < -0.4 is 10.2 Å². The molecule has 0 bridgehead atoms. The highest BCUT2D eigenvalue weighted by Crippen LogP contribution is 2.28. The smallest absolute Gasteiger partial charge is 0.241 e. The molecule has 0 aromatic carbocycles. The van der Waals surface area contributed by atoms with Crippen LogP contribution in [0.1, 0.15) is 19.8 Å². The van der Waals surface area contributed by atoms with Gasteiger partial charge in [-0.15, -0.1) is 0 Å². The van der Waals surface area contributed by atoms with Gasteiger partial charge in [-0.1, -0.05) is 0 Å². The van der Waals surface area contributed by atoms with Crippen LogP contribution in [0.4, 0.5) is 11.9 Å². The summed E-state index contributed by atoms with van der Waals surface area (Å²) >= 11 is 0. The van der Waals surface area contributed by atoms with Crippen molar-refractivity contribution in [3.63, 3.8) is 0 Å². The zero-order chi connectivity index (χ0) is 13.2. The molecule has 2 aromatic heterocycles. The lowest BCUT2D eigenvalue weighted by molar-refractivity contribution is 0.819. The van der Waals surface area contributed by atoms with Crippen LogP contribution in [0, 0.1) is 0 Å². The average molecular weight is 259 g/mol.